The van der Waals surface area contributed by atoms with Gasteiger partial charge in [0, 0.05) is 4.88 Å². The number of unbranched alkanes of at least 4 members (excludes halogenated alkanes) is 6. The van der Waals surface area contributed by atoms with Gasteiger partial charge in [0.05, 0.1) is 11.0 Å². The molecule has 1 aliphatic heterocycles. The molecule has 2 aromatic heterocycles. The summed E-state index contributed by atoms with van der Waals surface area (Å²) in [5.74, 6) is 0. The molecule has 0 spiro atoms. The maximum Gasteiger partial charge on any atom is 0.0743 e. The van der Waals surface area contributed by atoms with E-state index in [0.29, 0.717) is 0 Å². The molecule has 0 bridgehead atoms. The van der Waals surface area contributed by atoms with Crippen molar-refractivity contribution in [2.45, 2.75) is 90.3 Å². The molecule has 0 amide bonds. The third kappa shape index (κ3) is 14.8. The van der Waals surface area contributed by atoms with Crippen molar-refractivity contribution >= 4 is 59.4 Å². The van der Waals surface area contributed by atoms with Crippen molar-refractivity contribution in [2.24, 2.45) is 0 Å². The predicted molar refractivity (Wildman–Crippen MR) is 154 cm³/mol. The van der Waals surface area contributed by atoms with E-state index in [1.807, 2.05) is 6.07 Å². The van der Waals surface area contributed by atoms with Crippen molar-refractivity contribution in [2.75, 3.05) is 0 Å². The summed E-state index contributed by atoms with van der Waals surface area (Å²) in [6.45, 7) is 7.03. The predicted octanol–water partition coefficient (Wildman–Crippen LogP) is 10.8. The largest absolute Gasteiger partial charge is 0.144 e. The number of hydrogen-bond acceptors (Lipinski definition) is 2. The summed E-state index contributed by atoms with van der Waals surface area (Å²) in [6, 6.07) is 11.5. The minimum atomic E-state index is -0.737. The SMILES string of the molecule is CCCCC/C=C/[Si]1(C)CCC1.CCCCC/C=C/c1cccs1.Ic1cccs1. The second kappa shape index (κ2) is 18.4. The van der Waals surface area contributed by atoms with Gasteiger partial charge in [-0.05, 0) is 77.2 Å². The topological polar surface area (TPSA) is 0 Å². The highest BCUT2D eigenvalue weighted by molar-refractivity contribution is 14.1. The summed E-state index contributed by atoms with van der Waals surface area (Å²) in [7, 11) is -0.737. The first-order chi connectivity index (χ1) is 14.6. The standard InChI is InChI=1S/C11H16S.C11H22Si.C4H3IS/c1-2-3-4-5-6-8-11-9-7-10-12-11;1-3-4-5-6-7-9-12(2)10-8-11-12;5-4-2-1-3-6-4/h6-10H,2-5H2,1H3;7,9H,3-6,8,10-11H2,1-2H3;1-3H/b8-6+;9-7+;. The Kier molecular flexibility index (Phi) is 17.1. The normalized spacial score (nSPS) is 14.7. The minimum Gasteiger partial charge on any atom is -0.144 e. The van der Waals surface area contributed by atoms with E-state index in [2.05, 4.69) is 95.9 Å². The third-order valence-corrected chi connectivity index (χ3v) is 11.9. The Morgan fingerprint density at radius 2 is 1.53 bits per heavy atom. The van der Waals surface area contributed by atoms with Crippen LogP contribution < -0.4 is 0 Å². The first-order valence-corrected chi connectivity index (χ1v) is 17.5. The van der Waals surface area contributed by atoms with Crippen molar-refractivity contribution in [3.63, 3.8) is 0 Å². The van der Waals surface area contributed by atoms with E-state index in [4.69, 9.17) is 0 Å². The Morgan fingerprint density at radius 1 is 0.900 bits per heavy atom. The smallest absolute Gasteiger partial charge is 0.0743 e. The molecule has 1 fully saturated rings. The Hall–Kier alpha value is -0.173. The van der Waals surface area contributed by atoms with Crippen molar-refractivity contribution < 1.29 is 0 Å². The average Bonchev–Trinajstić information content (AvgIpc) is 3.41. The second-order valence-electron chi connectivity index (χ2n) is 8.24. The molecule has 168 valence electrons. The highest BCUT2D eigenvalue weighted by Gasteiger charge is 2.30. The molecular formula is C26H41IS2Si. The van der Waals surface area contributed by atoms with E-state index in [1.54, 1.807) is 34.8 Å². The van der Waals surface area contributed by atoms with Crippen LogP contribution in [0.1, 0.15) is 76.5 Å². The van der Waals surface area contributed by atoms with E-state index < -0.39 is 8.07 Å². The Morgan fingerprint density at radius 3 is 1.97 bits per heavy atom. The minimum absolute atomic E-state index is 0.737. The zero-order valence-corrected chi connectivity index (χ0v) is 24.0. The fourth-order valence-corrected chi connectivity index (χ4v) is 7.41. The van der Waals surface area contributed by atoms with E-state index in [-0.39, 0.29) is 0 Å². The van der Waals surface area contributed by atoms with Crippen LogP contribution in [-0.2, 0) is 0 Å². The monoisotopic (exact) mass is 572 g/mol. The van der Waals surface area contributed by atoms with Crippen LogP contribution in [0, 0.1) is 2.88 Å². The van der Waals surface area contributed by atoms with Gasteiger partial charge in [-0.1, -0.05) is 94.6 Å². The van der Waals surface area contributed by atoms with Crippen LogP contribution in [-0.4, -0.2) is 8.07 Å². The summed E-state index contributed by atoms with van der Waals surface area (Å²) in [6.07, 6.45) is 19.2. The molecule has 30 heavy (non-hydrogen) atoms. The van der Waals surface area contributed by atoms with Gasteiger partial charge >= 0.3 is 0 Å². The van der Waals surface area contributed by atoms with Gasteiger partial charge in [0.25, 0.3) is 0 Å². The molecule has 2 aromatic rings. The molecule has 1 saturated heterocycles. The van der Waals surface area contributed by atoms with E-state index >= 15 is 0 Å². The number of halogens is 1. The van der Waals surface area contributed by atoms with Gasteiger partial charge in [0.1, 0.15) is 0 Å². The lowest BCUT2D eigenvalue weighted by Crippen LogP contribution is -2.35. The lowest BCUT2D eigenvalue weighted by Gasteiger charge is -2.32. The number of allylic oxidation sites excluding steroid dienone is 2. The van der Waals surface area contributed by atoms with Crippen molar-refractivity contribution in [3.05, 3.63) is 60.6 Å². The lowest BCUT2D eigenvalue weighted by atomic mass is 10.2. The summed E-state index contributed by atoms with van der Waals surface area (Å²) >= 11 is 5.86. The average molecular weight is 573 g/mol. The third-order valence-electron chi connectivity index (χ3n) is 5.28. The van der Waals surface area contributed by atoms with E-state index in [1.165, 1.54) is 65.5 Å². The molecule has 3 rings (SSSR count). The maximum absolute atomic E-state index is 2.59. The van der Waals surface area contributed by atoms with E-state index in [9.17, 15) is 0 Å². The first-order valence-electron chi connectivity index (χ1n) is 11.7. The molecule has 0 N–H and O–H groups in total. The molecule has 0 radical (unpaired) electrons. The van der Waals surface area contributed by atoms with Crippen LogP contribution in [0.2, 0.25) is 18.6 Å². The number of hydrogen-bond donors (Lipinski definition) is 0. The summed E-state index contributed by atoms with van der Waals surface area (Å²) in [4.78, 5) is 1.37. The van der Waals surface area contributed by atoms with Crippen LogP contribution in [0.5, 0.6) is 0 Å². The van der Waals surface area contributed by atoms with Crippen molar-refractivity contribution in [1.29, 1.82) is 0 Å². The van der Waals surface area contributed by atoms with Crippen LogP contribution in [0.25, 0.3) is 6.08 Å². The molecule has 0 unspecified atom stereocenters. The maximum atomic E-state index is 2.59. The molecule has 0 saturated carbocycles. The van der Waals surface area contributed by atoms with Crippen LogP contribution in [0.15, 0.2) is 52.9 Å². The van der Waals surface area contributed by atoms with Crippen molar-refractivity contribution in [1.82, 2.24) is 0 Å². The zero-order valence-electron chi connectivity index (χ0n) is 19.2. The molecular weight excluding hydrogens is 531 g/mol. The number of rotatable bonds is 10. The fraction of sp³-hybridized carbons (Fsp3) is 0.538. The molecule has 3 heterocycles. The highest BCUT2D eigenvalue weighted by Crippen LogP contribution is 2.33. The van der Waals surface area contributed by atoms with E-state index in [0.717, 1.165) is 0 Å². The molecule has 0 aliphatic carbocycles. The van der Waals surface area contributed by atoms with Gasteiger partial charge in [-0.2, -0.15) is 0 Å². The fourth-order valence-electron chi connectivity index (χ4n) is 3.14. The first kappa shape index (κ1) is 27.9. The lowest BCUT2D eigenvalue weighted by molar-refractivity contribution is 0.729. The van der Waals surface area contributed by atoms with Crippen molar-refractivity contribution in [3.8, 4) is 0 Å². The van der Waals surface area contributed by atoms with Crippen LogP contribution in [0.3, 0.4) is 0 Å². The van der Waals surface area contributed by atoms with Gasteiger partial charge < -0.3 is 0 Å². The molecule has 1 aliphatic rings. The van der Waals surface area contributed by atoms with Gasteiger partial charge in [-0.15, -0.1) is 22.7 Å². The molecule has 0 aromatic carbocycles. The second-order valence-corrected chi connectivity index (χ2v) is 16.7. The Balaban J connectivity index is 0.000000237. The van der Waals surface area contributed by atoms with Crippen LogP contribution >= 0.6 is 45.3 Å². The quantitative estimate of drug-likeness (QED) is 0.151. The van der Waals surface area contributed by atoms with Gasteiger partial charge in [-0.3, -0.25) is 0 Å². The number of thiophene rings is 2. The molecule has 4 heteroatoms. The Bertz CT molecular complexity index is 655. The van der Waals surface area contributed by atoms with Crippen LogP contribution in [0.4, 0.5) is 0 Å². The van der Waals surface area contributed by atoms with Gasteiger partial charge in [-0.25, -0.2) is 0 Å². The zero-order chi connectivity index (χ0) is 21.9. The molecule has 0 atom stereocenters. The van der Waals surface area contributed by atoms with Gasteiger partial charge in [0.15, 0.2) is 0 Å². The van der Waals surface area contributed by atoms with Gasteiger partial charge in [0.2, 0.25) is 0 Å². The molecule has 0 nitrogen and oxygen atoms in total. The summed E-state index contributed by atoms with van der Waals surface area (Å²) in [5, 5.41) is 4.19. The summed E-state index contributed by atoms with van der Waals surface area (Å²) in [5.41, 5.74) is 2.59. The highest BCUT2D eigenvalue weighted by atomic mass is 127. The summed E-state index contributed by atoms with van der Waals surface area (Å²) < 4.78 is 1.35. The Labute approximate surface area is 209 Å².